The Morgan fingerprint density at radius 2 is 1.86 bits per heavy atom. The second kappa shape index (κ2) is 8.57. The Balaban J connectivity index is 1.52. The fourth-order valence-electron chi connectivity index (χ4n) is 5.46. The molecule has 1 unspecified atom stereocenters. The molecule has 6 nitrogen and oxygen atoms in total. The van der Waals surface area contributed by atoms with Crippen molar-refractivity contribution in [2.24, 2.45) is 5.92 Å². The van der Waals surface area contributed by atoms with Gasteiger partial charge in [-0.05, 0) is 49.8 Å². The van der Waals surface area contributed by atoms with Crippen LogP contribution in [-0.2, 0) is 9.59 Å². The van der Waals surface area contributed by atoms with E-state index in [1.54, 1.807) is 11.6 Å². The first-order valence-corrected chi connectivity index (χ1v) is 10.9. The Bertz CT molecular complexity index is 787. The summed E-state index contributed by atoms with van der Waals surface area (Å²) in [6.45, 7) is 2.65. The molecule has 3 fully saturated rings. The quantitative estimate of drug-likeness (QED) is 0.464. The molecule has 29 heavy (non-hydrogen) atoms. The third-order valence-electron chi connectivity index (χ3n) is 6.95. The lowest BCUT2D eigenvalue weighted by molar-refractivity contribution is -0.140. The fraction of sp³-hybridized carbons (Fsp3) is 0.565. The van der Waals surface area contributed by atoms with Crippen molar-refractivity contribution in [3.8, 4) is 0 Å². The molecule has 2 saturated heterocycles. The van der Waals surface area contributed by atoms with Gasteiger partial charge in [0, 0.05) is 37.3 Å². The number of hydrogen-bond acceptors (Lipinski definition) is 4. The molecular formula is C23H31N3O3. The zero-order valence-corrected chi connectivity index (χ0v) is 17.0. The summed E-state index contributed by atoms with van der Waals surface area (Å²) in [5, 5.41) is 8.72. The van der Waals surface area contributed by atoms with Gasteiger partial charge in [0.2, 0.25) is 5.91 Å². The molecule has 1 atom stereocenters. The van der Waals surface area contributed by atoms with Crippen molar-refractivity contribution in [2.45, 2.75) is 56.9 Å². The maximum Gasteiger partial charge on any atom is 0.267 e. The second-order valence-electron chi connectivity index (χ2n) is 8.69. The van der Waals surface area contributed by atoms with Gasteiger partial charge in [-0.15, -0.1) is 0 Å². The van der Waals surface area contributed by atoms with E-state index in [1.807, 2.05) is 18.2 Å². The maximum absolute atomic E-state index is 13.3. The summed E-state index contributed by atoms with van der Waals surface area (Å²) in [7, 11) is 0. The molecule has 1 aromatic rings. The van der Waals surface area contributed by atoms with E-state index in [0.717, 1.165) is 63.0 Å². The van der Waals surface area contributed by atoms with Crippen LogP contribution in [0, 0.1) is 5.92 Å². The van der Waals surface area contributed by atoms with E-state index >= 15 is 0 Å². The van der Waals surface area contributed by atoms with E-state index < -0.39 is 5.91 Å². The molecule has 2 N–H and O–H groups in total. The summed E-state index contributed by atoms with van der Waals surface area (Å²) in [6.07, 6.45) is 12.0. The van der Waals surface area contributed by atoms with Gasteiger partial charge in [-0.3, -0.25) is 14.8 Å². The molecule has 0 aromatic heterocycles. The van der Waals surface area contributed by atoms with Crippen molar-refractivity contribution in [3.05, 3.63) is 35.9 Å². The Morgan fingerprint density at radius 3 is 2.66 bits per heavy atom. The van der Waals surface area contributed by atoms with Crippen molar-refractivity contribution in [2.75, 3.05) is 24.5 Å². The van der Waals surface area contributed by atoms with Crippen LogP contribution in [0.25, 0.3) is 6.08 Å². The number of carbonyl (C=O) groups is 2. The van der Waals surface area contributed by atoms with Gasteiger partial charge in [0.15, 0.2) is 0 Å². The summed E-state index contributed by atoms with van der Waals surface area (Å²) in [4.78, 5) is 29.3. The van der Waals surface area contributed by atoms with Gasteiger partial charge in [-0.25, -0.2) is 5.48 Å². The average Bonchev–Trinajstić information content (AvgIpc) is 3.39. The van der Waals surface area contributed by atoms with Gasteiger partial charge in [0.25, 0.3) is 5.91 Å². The summed E-state index contributed by atoms with van der Waals surface area (Å²) in [6, 6.07) is 7.99. The Hall–Kier alpha value is -2.34. The van der Waals surface area contributed by atoms with Crippen LogP contribution < -0.4 is 10.4 Å². The van der Waals surface area contributed by atoms with Crippen LogP contribution in [0.5, 0.6) is 0 Å². The smallest absolute Gasteiger partial charge is 0.267 e. The molecule has 4 rings (SSSR count). The monoisotopic (exact) mass is 397 g/mol. The van der Waals surface area contributed by atoms with Crippen molar-refractivity contribution >= 4 is 23.6 Å². The Labute approximate surface area is 172 Å². The van der Waals surface area contributed by atoms with E-state index in [2.05, 4.69) is 15.9 Å². The average molecular weight is 398 g/mol. The second-order valence-corrected chi connectivity index (χ2v) is 8.69. The highest BCUT2D eigenvalue weighted by atomic mass is 16.5. The predicted octanol–water partition coefficient (Wildman–Crippen LogP) is 3.36. The number of amides is 2. The van der Waals surface area contributed by atoms with Crippen molar-refractivity contribution in [3.63, 3.8) is 0 Å². The summed E-state index contributed by atoms with van der Waals surface area (Å²) < 4.78 is 0. The number of rotatable bonds is 4. The lowest BCUT2D eigenvalue weighted by Gasteiger charge is -2.38. The molecular weight excluding hydrogens is 366 g/mol. The molecule has 1 aliphatic carbocycles. The minimum atomic E-state index is -0.544. The van der Waals surface area contributed by atoms with Crippen LogP contribution in [0.1, 0.15) is 56.9 Å². The maximum atomic E-state index is 13.3. The van der Waals surface area contributed by atoms with E-state index in [4.69, 9.17) is 5.21 Å². The molecule has 2 heterocycles. The molecule has 1 aromatic carbocycles. The first-order valence-electron chi connectivity index (χ1n) is 10.9. The van der Waals surface area contributed by atoms with E-state index in [1.165, 1.54) is 25.3 Å². The number of benzene rings is 1. The number of nitrogens with zero attached hydrogens (tertiary/aromatic N) is 2. The first-order chi connectivity index (χ1) is 14.1. The highest BCUT2D eigenvalue weighted by Gasteiger charge is 2.49. The highest BCUT2D eigenvalue weighted by molar-refractivity contribution is 5.92. The zero-order chi connectivity index (χ0) is 20.3. The normalized spacial score (nSPS) is 25.3. The number of anilines is 1. The number of hydroxylamine groups is 1. The number of nitrogens with one attached hydrogen (secondary N) is 1. The standard InChI is InChI=1S/C23H31N3O3/c27-21(24-29)12-11-18-7-4-5-10-20(18)25-16-14-23(17-25)13-6-15-26(23)22(28)19-8-2-1-3-9-19/h4-5,7,10-12,19,29H,1-3,6,8-9,13-17H2,(H,24,27)/b12-11+. The summed E-state index contributed by atoms with van der Waals surface area (Å²) in [5.74, 6) is 0.0644. The lowest BCUT2D eigenvalue weighted by Crippen LogP contribution is -2.51. The van der Waals surface area contributed by atoms with Gasteiger partial charge >= 0.3 is 0 Å². The molecule has 156 valence electrons. The van der Waals surface area contributed by atoms with Crippen LogP contribution in [-0.4, -0.2) is 47.1 Å². The van der Waals surface area contributed by atoms with Crippen molar-refractivity contribution < 1.29 is 14.8 Å². The van der Waals surface area contributed by atoms with Gasteiger partial charge in [-0.1, -0.05) is 37.5 Å². The van der Waals surface area contributed by atoms with Crippen molar-refractivity contribution in [1.82, 2.24) is 10.4 Å². The largest absolute Gasteiger partial charge is 0.369 e. The van der Waals surface area contributed by atoms with Gasteiger partial charge in [-0.2, -0.15) is 0 Å². The van der Waals surface area contributed by atoms with Crippen LogP contribution >= 0.6 is 0 Å². The minimum Gasteiger partial charge on any atom is -0.369 e. The minimum absolute atomic E-state index is 0.0478. The number of hydrogen-bond donors (Lipinski definition) is 2. The van der Waals surface area contributed by atoms with Crippen molar-refractivity contribution in [1.29, 1.82) is 0 Å². The Kier molecular flexibility index (Phi) is 5.90. The van der Waals surface area contributed by atoms with Gasteiger partial charge in [0.1, 0.15) is 0 Å². The molecule has 3 aliphatic rings. The molecule has 2 aliphatic heterocycles. The van der Waals surface area contributed by atoms with Crippen LogP contribution in [0.4, 0.5) is 5.69 Å². The van der Waals surface area contributed by atoms with Crippen LogP contribution in [0.3, 0.4) is 0 Å². The van der Waals surface area contributed by atoms with Crippen LogP contribution in [0.2, 0.25) is 0 Å². The topological polar surface area (TPSA) is 72.9 Å². The number of likely N-dealkylation sites (tertiary alicyclic amines) is 1. The summed E-state index contributed by atoms with van der Waals surface area (Å²) >= 11 is 0. The molecule has 0 radical (unpaired) electrons. The van der Waals surface area contributed by atoms with E-state index in [0.29, 0.717) is 5.91 Å². The van der Waals surface area contributed by atoms with E-state index in [9.17, 15) is 9.59 Å². The molecule has 1 saturated carbocycles. The first kappa shape index (κ1) is 20.0. The zero-order valence-electron chi connectivity index (χ0n) is 17.0. The number of para-hydroxylation sites is 1. The van der Waals surface area contributed by atoms with Gasteiger partial charge < -0.3 is 9.80 Å². The molecule has 2 amide bonds. The highest BCUT2D eigenvalue weighted by Crippen LogP contribution is 2.42. The third-order valence-corrected chi connectivity index (χ3v) is 6.95. The summed E-state index contributed by atoms with van der Waals surface area (Å²) in [5.41, 5.74) is 3.60. The molecule has 1 spiro atoms. The SMILES string of the molecule is O=C(/C=C/c1ccccc1N1CCC2(CCCN2C(=O)C2CCCCC2)C1)NO. The molecule has 6 heteroatoms. The predicted molar refractivity (Wildman–Crippen MR) is 112 cm³/mol. The molecule has 0 bridgehead atoms. The van der Waals surface area contributed by atoms with Gasteiger partial charge in [0.05, 0.1) is 5.54 Å². The van der Waals surface area contributed by atoms with Crippen LogP contribution in [0.15, 0.2) is 30.3 Å². The van der Waals surface area contributed by atoms with E-state index in [-0.39, 0.29) is 11.5 Å². The Morgan fingerprint density at radius 1 is 1.07 bits per heavy atom. The fourth-order valence-corrected chi connectivity index (χ4v) is 5.46. The number of carbonyl (C=O) groups excluding carboxylic acids is 2. The lowest BCUT2D eigenvalue weighted by atomic mass is 9.86. The third kappa shape index (κ3) is 4.04.